The van der Waals surface area contributed by atoms with Crippen LogP contribution in [0.1, 0.15) is 21.5 Å². The van der Waals surface area contributed by atoms with Crippen molar-refractivity contribution in [3.05, 3.63) is 71.4 Å². The zero-order valence-electron chi connectivity index (χ0n) is 13.6. The molecule has 0 unspecified atom stereocenters. The van der Waals surface area contributed by atoms with Crippen LogP contribution in [0.2, 0.25) is 0 Å². The lowest BCUT2D eigenvalue weighted by atomic mass is 10.1. The van der Waals surface area contributed by atoms with Gasteiger partial charge in [0.2, 0.25) is 0 Å². The average Bonchev–Trinajstić information content (AvgIpc) is 3.02. The molecule has 5 nitrogen and oxygen atoms in total. The van der Waals surface area contributed by atoms with Gasteiger partial charge in [0.1, 0.15) is 0 Å². The maximum atomic E-state index is 11.6. The Labute approximate surface area is 140 Å². The summed E-state index contributed by atoms with van der Waals surface area (Å²) in [5, 5.41) is 13.0. The van der Waals surface area contributed by atoms with Crippen LogP contribution in [0.5, 0.6) is 0 Å². The number of aromatic nitrogens is 1. The fraction of sp³-hybridized carbons (Fsp3) is 0.211. The standard InChI is InChI=1S/C19H21N3O2/c1-20-13-15-4-2-3-14(11-15)7-9-22-10-8-16-5-6-17(12-18(16)22)19(23)21-24/h2-6,8,10-12,20,24H,7,9,13H2,1H3,(H,21,23). The van der Waals surface area contributed by atoms with Gasteiger partial charge >= 0.3 is 0 Å². The zero-order chi connectivity index (χ0) is 16.9. The van der Waals surface area contributed by atoms with Crippen LogP contribution in [0, 0.1) is 0 Å². The summed E-state index contributed by atoms with van der Waals surface area (Å²) in [5.41, 5.74) is 5.67. The van der Waals surface area contributed by atoms with Gasteiger partial charge in [-0.15, -0.1) is 0 Å². The third kappa shape index (κ3) is 3.48. The molecule has 0 atom stereocenters. The van der Waals surface area contributed by atoms with E-state index in [1.807, 2.05) is 25.4 Å². The number of amides is 1. The SMILES string of the molecule is CNCc1cccc(CCn2ccc3ccc(C(=O)NO)cc32)c1. The van der Waals surface area contributed by atoms with Crippen molar-refractivity contribution < 1.29 is 10.0 Å². The minimum atomic E-state index is -0.496. The number of aryl methyl sites for hydroxylation is 2. The predicted molar refractivity (Wildman–Crippen MR) is 94.1 cm³/mol. The van der Waals surface area contributed by atoms with E-state index in [0.29, 0.717) is 5.56 Å². The Morgan fingerprint density at radius 2 is 1.96 bits per heavy atom. The van der Waals surface area contributed by atoms with Gasteiger partial charge in [0.25, 0.3) is 5.91 Å². The van der Waals surface area contributed by atoms with Gasteiger partial charge in [-0.25, -0.2) is 5.48 Å². The van der Waals surface area contributed by atoms with E-state index in [9.17, 15) is 4.79 Å². The summed E-state index contributed by atoms with van der Waals surface area (Å²) >= 11 is 0. The molecule has 0 saturated carbocycles. The summed E-state index contributed by atoms with van der Waals surface area (Å²) in [6.07, 6.45) is 2.94. The second-order valence-corrected chi connectivity index (χ2v) is 5.82. The molecular weight excluding hydrogens is 302 g/mol. The van der Waals surface area contributed by atoms with E-state index in [-0.39, 0.29) is 0 Å². The molecule has 1 heterocycles. The van der Waals surface area contributed by atoms with Crippen molar-refractivity contribution in [3.8, 4) is 0 Å². The molecule has 0 bridgehead atoms. The van der Waals surface area contributed by atoms with Crippen molar-refractivity contribution in [3.63, 3.8) is 0 Å². The topological polar surface area (TPSA) is 66.3 Å². The monoisotopic (exact) mass is 323 g/mol. The molecule has 1 amide bonds. The van der Waals surface area contributed by atoms with Gasteiger partial charge in [0.15, 0.2) is 0 Å². The molecule has 3 N–H and O–H groups in total. The first-order valence-corrected chi connectivity index (χ1v) is 7.97. The highest BCUT2D eigenvalue weighted by atomic mass is 16.5. The van der Waals surface area contributed by atoms with Crippen molar-refractivity contribution in [2.24, 2.45) is 0 Å². The van der Waals surface area contributed by atoms with Crippen LogP contribution in [0.4, 0.5) is 0 Å². The van der Waals surface area contributed by atoms with Gasteiger partial charge in [-0.1, -0.05) is 30.3 Å². The van der Waals surface area contributed by atoms with Crippen molar-refractivity contribution in [1.29, 1.82) is 0 Å². The summed E-state index contributed by atoms with van der Waals surface area (Å²) < 4.78 is 2.13. The third-order valence-corrected chi connectivity index (χ3v) is 4.15. The Balaban J connectivity index is 1.80. The van der Waals surface area contributed by atoms with E-state index in [4.69, 9.17) is 5.21 Å². The molecule has 0 spiro atoms. The molecular formula is C19H21N3O2. The number of nitrogens with zero attached hydrogens (tertiary/aromatic N) is 1. The number of hydroxylamine groups is 1. The minimum Gasteiger partial charge on any atom is -0.347 e. The van der Waals surface area contributed by atoms with Crippen LogP contribution >= 0.6 is 0 Å². The molecule has 0 aliphatic rings. The largest absolute Gasteiger partial charge is 0.347 e. The maximum Gasteiger partial charge on any atom is 0.274 e. The number of benzene rings is 2. The number of hydrogen-bond donors (Lipinski definition) is 3. The maximum absolute atomic E-state index is 11.6. The Hall–Kier alpha value is -2.63. The van der Waals surface area contributed by atoms with Crippen LogP contribution in [-0.4, -0.2) is 22.7 Å². The van der Waals surface area contributed by atoms with E-state index in [1.165, 1.54) is 11.1 Å². The number of carbonyl (C=O) groups is 1. The summed E-state index contributed by atoms with van der Waals surface area (Å²) in [5.74, 6) is -0.496. The van der Waals surface area contributed by atoms with E-state index in [0.717, 1.165) is 30.4 Å². The Morgan fingerprint density at radius 1 is 1.12 bits per heavy atom. The van der Waals surface area contributed by atoms with E-state index < -0.39 is 5.91 Å². The molecule has 24 heavy (non-hydrogen) atoms. The quantitative estimate of drug-likeness (QED) is 0.483. The Morgan fingerprint density at radius 3 is 2.75 bits per heavy atom. The summed E-state index contributed by atoms with van der Waals surface area (Å²) in [7, 11) is 1.94. The molecule has 124 valence electrons. The highest BCUT2D eigenvalue weighted by molar-refractivity contribution is 5.97. The fourth-order valence-electron chi connectivity index (χ4n) is 2.93. The van der Waals surface area contributed by atoms with Crippen LogP contribution in [0.3, 0.4) is 0 Å². The number of carbonyl (C=O) groups excluding carboxylic acids is 1. The summed E-state index contributed by atoms with van der Waals surface area (Å²) in [6, 6.07) is 16.0. The third-order valence-electron chi connectivity index (χ3n) is 4.15. The Bertz CT molecular complexity index is 855. The van der Waals surface area contributed by atoms with E-state index in [1.54, 1.807) is 17.6 Å². The minimum absolute atomic E-state index is 0.445. The first kappa shape index (κ1) is 16.2. The van der Waals surface area contributed by atoms with Gasteiger partial charge < -0.3 is 9.88 Å². The van der Waals surface area contributed by atoms with Crippen LogP contribution in [0.15, 0.2) is 54.7 Å². The molecule has 3 rings (SSSR count). The molecule has 2 aromatic carbocycles. The first-order valence-electron chi connectivity index (χ1n) is 7.97. The highest BCUT2D eigenvalue weighted by Crippen LogP contribution is 2.19. The van der Waals surface area contributed by atoms with Crippen molar-refractivity contribution in [1.82, 2.24) is 15.4 Å². The van der Waals surface area contributed by atoms with Gasteiger partial charge in [-0.2, -0.15) is 0 Å². The lowest BCUT2D eigenvalue weighted by Gasteiger charge is -2.08. The van der Waals surface area contributed by atoms with Gasteiger partial charge in [0, 0.05) is 30.4 Å². The fourth-order valence-corrected chi connectivity index (χ4v) is 2.93. The summed E-state index contributed by atoms with van der Waals surface area (Å²) in [4.78, 5) is 11.6. The number of fused-ring (bicyclic) bond motifs is 1. The highest BCUT2D eigenvalue weighted by Gasteiger charge is 2.08. The molecule has 0 radical (unpaired) electrons. The molecule has 0 saturated heterocycles. The number of rotatable bonds is 6. The molecule has 0 aliphatic carbocycles. The first-order chi connectivity index (χ1) is 11.7. The van der Waals surface area contributed by atoms with Gasteiger partial charge in [0.05, 0.1) is 0 Å². The molecule has 1 aromatic heterocycles. The normalized spacial score (nSPS) is 10.9. The van der Waals surface area contributed by atoms with Crippen LogP contribution in [-0.2, 0) is 19.5 Å². The lowest BCUT2D eigenvalue weighted by Crippen LogP contribution is -2.18. The molecule has 5 heteroatoms. The van der Waals surface area contributed by atoms with Crippen molar-refractivity contribution in [2.45, 2.75) is 19.5 Å². The molecule has 0 fully saturated rings. The van der Waals surface area contributed by atoms with Crippen molar-refractivity contribution in [2.75, 3.05) is 7.05 Å². The Kier molecular flexibility index (Phi) is 4.93. The molecule has 3 aromatic rings. The van der Waals surface area contributed by atoms with Crippen molar-refractivity contribution >= 4 is 16.8 Å². The lowest BCUT2D eigenvalue weighted by molar-refractivity contribution is 0.0706. The predicted octanol–water partition coefficient (Wildman–Crippen LogP) is 2.72. The second kappa shape index (κ2) is 7.29. The molecule has 0 aliphatic heterocycles. The van der Waals surface area contributed by atoms with Gasteiger partial charge in [-0.3, -0.25) is 10.0 Å². The van der Waals surface area contributed by atoms with Crippen LogP contribution in [0.25, 0.3) is 10.9 Å². The van der Waals surface area contributed by atoms with Crippen LogP contribution < -0.4 is 10.8 Å². The number of hydrogen-bond acceptors (Lipinski definition) is 3. The number of nitrogens with one attached hydrogen (secondary N) is 2. The smallest absolute Gasteiger partial charge is 0.274 e. The van der Waals surface area contributed by atoms with E-state index >= 15 is 0 Å². The van der Waals surface area contributed by atoms with E-state index in [2.05, 4.69) is 34.1 Å². The summed E-state index contributed by atoms with van der Waals surface area (Å²) in [6.45, 7) is 1.69. The second-order valence-electron chi connectivity index (χ2n) is 5.82. The zero-order valence-corrected chi connectivity index (χ0v) is 13.6. The van der Waals surface area contributed by atoms with Gasteiger partial charge in [-0.05, 0) is 48.2 Å². The average molecular weight is 323 g/mol.